The minimum Gasteiger partial charge on any atom is -0.310 e. The molecule has 0 amide bonds. The third kappa shape index (κ3) is 4.17. The van der Waals surface area contributed by atoms with Crippen LogP contribution < -0.4 is 5.32 Å². The normalized spacial score (nSPS) is 12.3. The van der Waals surface area contributed by atoms with Crippen LogP contribution in [0.15, 0.2) is 48.7 Å². The molecule has 1 aromatic heterocycles. The van der Waals surface area contributed by atoms with E-state index in [-0.39, 0.29) is 0 Å². The zero-order valence-electron chi connectivity index (χ0n) is 12.5. The molecule has 0 spiro atoms. The first-order valence-electron chi connectivity index (χ1n) is 7.55. The number of hydrogen-bond donors (Lipinski definition) is 1. The van der Waals surface area contributed by atoms with Crippen molar-refractivity contribution in [3.05, 3.63) is 65.5 Å². The van der Waals surface area contributed by atoms with Crippen LogP contribution in [0.5, 0.6) is 0 Å². The number of nitrogens with one attached hydrogen (secondary N) is 1. The van der Waals surface area contributed by atoms with Gasteiger partial charge in [-0.2, -0.15) is 0 Å². The van der Waals surface area contributed by atoms with E-state index >= 15 is 0 Å². The number of pyridine rings is 1. The number of benzene rings is 1. The summed E-state index contributed by atoms with van der Waals surface area (Å²) in [5, 5.41) is 3.61. The summed E-state index contributed by atoms with van der Waals surface area (Å²) in [4.78, 5) is 4.40. The van der Waals surface area contributed by atoms with E-state index in [0.29, 0.717) is 6.04 Å². The van der Waals surface area contributed by atoms with E-state index in [1.807, 2.05) is 18.3 Å². The van der Waals surface area contributed by atoms with Gasteiger partial charge in [0.05, 0.1) is 0 Å². The Morgan fingerprint density at radius 3 is 2.70 bits per heavy atom. The third-order valence-electron chi connectivity index (χ3n) is 3.51. The highest BCUT2D eigenvalue weighted by Crippen LogP contribution is 2.19. The average Bonchev–Trinajstić information content (AvgIpc) is 2.49. The monoisotopic (exact) mass is 268 g/mol. The predicted octanol–water partition coefficient (Wildman–Crippen LogP) is 4.12. The molecule has 1 atom stereocenters. The average molecular weight is 268 g/mol. The lowest BCUT2D eigenvalue weighted by molar-refractivity contribution is 0.518. The smallest absolute Gasteiger partial charge is 0.0447 e. The number of aromatic nitrogens is 1. The summed E-state index contributed by atoms with van der Waals surface area (Å²) in [6, 6.07) is 15.4. The summed E-state index contributed by atoms with van der Waals surface area (Å²) in [6.45, 7) is 5.51. The maximum Gasteiger partial charge on any atom is 0.0447 e. The highest BCUT2D eigenvalue weighted by molar-refractivity contribution is 5.29. The van der Waals surface area contributed by atoms with Crippen LogP contribution in [0, 0.1) is 0 Å². The Morgan fingerprint density at radius 2 is 2.00 bits per heavy atom. The van der Waals surface area contributed by atoms with Gasteiger partial charge in [-0.25, -0.2) is 0 Å². The van der Waals surface area contributed by atoms with Crippen molar-refractivity contribution in [2.24, 2.45) is 0 Å². The van der Waals surface area contributed by atoms with E-state index in [9.17, 15) is 0 Å². The zero-order valence-corrected chi connectivity index (χ0v) is 12.5. The lowest BCUT2D eigenvalue weighted by atomic mass is 9.99. The maximum atomic E-state index is 4.40. The van der Waals surface area contributed by atoms with Crippen LogP contribution in [-0.2, 0) is 6.42 Å². The third-order valence-corrected chi connectivity index (χ3v) is 3.51. The van der Waals surface area contributed by atoms with Gasteiger partial charge in [-0.05, 0) is 42.6 Å². The predicted molar refractivity (Wildman–Crippen MR) is 84.8 cm³/mol. The second-order valence-electron chi connectivity index (χ2n) is 5.16. The van der Waals surface area contributed by atoms with Gasteiger partial charge in [0.1, 0.15) is 0 Å². The summed E-state index contributed by atoms with van der Waals surface area (Å²) in [6.07, 6.45) is 5.05. The van der Waals surface area contributed by atoms with Crippen molar-refractivity contribution in [3.8, 4) is 0 Å². The molecule has 1 aromatic carbocycles. The molecule has 0 aliphatic rings. The number of rotatable bonds is 7. The molecule has 0 aliphatic carbocycles. The molecule has 0 fully saturated rings. The van der Waals surface area contributed by atoms with Gasteiger partial charge >= 0.3 is 0 Å². The molecule has 1 heterocycles. The fraction of sp³-hybridized carbons (Fsp3) is 0.389. The number of nitrogens with zero attached hydrogens (tertiary/aromatic N) is 1. The van der Waals surface area contributed by atoms with E-state index in [4.69, 9.17) is 0 Å². The van der Waals surface area contributed by atoms with Gasteiger partial charge < -0.3 is 5.32 Å². The molecule has 0 aliphatic heterocycles. The van der Waals surface area contributed by atoms with Crippen molar-refractivity contribution in [1.82, 2.24) is 10.3 Å². The second-order valence-corrected chi connectivity index (χ2v) is 5.16. The molecular formula is C18H24N2. The molecule has 0 bridgehead atoms. The first-order chi connectivity index (χ1) is 9.83. The van der Waals surface area contributed by atoms with Crippen LogP contribution in [0.4, 0.5) is 0 Å². The number of hydrogen-bond acceptors (Lipinski definition) is 2. The van der Waals surface area contributed by atoms with Crippen molar-refractivity contribution in [3.63, 3.8) is 0 Å². The van der Waals surface area contributed by atoms with Gasteiger partial charge in [0, 0.05) is 24.4 Å². The molecule has 2 rings (SSSR count). The summed E-state index contributed by atoms with van der Waals surface area (Å²) in [7, 11) is 0. The Bertz CT molecular complexity index is 508. The van der Waals surface area contributed by atoms with Gasteiger partial charge in [0.25, 0.3) is 0 Å². The minimum atomic E-state index is 0.457. The van der Waals surface area contributed by atoms with Crippen LogP contribution in [-0.4, -0.2) is 11.5 Å². The van der Waals surface area contributed by atoms with Crippen LogP contribution >= 0.6 is 0 Å². The molecule has 2 heteroatoms. The lowest BCUT2D eigenvalue weighted by Crippen LogP contribution is -2.21. The first kappa shape index (κ1) is 14.7. The maximum absolute atomic E-state index is 4.40. The Morgan fingerprint density at radius 1 is 1.10 bits per heavy atom. The highest BCUT2D eigenvalue weighted by atomic mass is 14.9. The SMILES string of the molecule is CCCNC(CC)c1cccc(Cc2ccccn2)c1. The van der Waals surface area contributed by atoms with E-state index < -0.39 is 0 Å². The van der Waals surface area contributed by atoms with Crippen LogP contribution in [0.1, 0.15) is 49.6 Å². The van der Waals surface area contributed by atoms with Crippen LogP contribution in [0.25, 0.3) is 0 Å². The fourth-order valence-corrected chi connectivity index (χ4v) is 2.45. The lowest BCUT2D eigenvalue weighted by Gasteiger charge is -2.18. The van der Waals surface area contributed by atoms with Crippen LogP contribution in [0.3, 0.4) is 0 Å². The fourth-order valence-electron chi connectivity index (χ4n) is 2.45. The summed E-state index contributed by atoms with van der Waals surface area (Å²) >= 11 is 0. The molecule has 0 radical (unpaired) electrons. The van der Waals surface area contributed by atoms with Crippen molar-refractivity contribution in [2.75, 3.05) is 6.54 Å². The van der Waals surface area contributed by atoms with Crippen LogP contribution in [0.2, 0.25) is 0 Å². The van der Waals surface area contributed by atoms with Crippen molar-refractivity contribution < 1.29 is 0 Å². The van der Waals surface area contributed by atoms with Gasteiger partial charge in [-0.3, -0.25) is 4.98 Å². The summed E-state index contributed by atoms with van der Waals surface area (Å²) in [5.74, 6) is 0. The largest absolute Gasteiger partial charge is 0.310 e. The molecule has 106 valence electrons. The standard InChI is InChI=1S/C18H24N2/c1-3-11-20-18(4-2)16-9-7-8-15(13-16)14-17-10-5-6-12-19-17/h5-10,12-13,18,20H,3-4,11,14H2,1-2H3. The molecule has 1 N–H and O–H groups in total. The zero-order chi connectivity index (χ0) is 14.2. The van der Waals surface area contributed by atoms with Gasteiger partial charge in [0.2, 0.25) is 0 Å². The van der Waals surface area contributed by atoms with Gasteiger partial charge in [-0.15, -0.1) is 0 Å². The van der Waals surface area contributed by atoms with Gasteiger partial charge in [0.15, 0.2) is 0 Å². The Hall–Kier alpha value is -1.67. The molecule has 0 saturated heterocycles. The topological polar surface area (TPSA) is 24.9 Å². The van der Waals surface area contributed by atoms with Crippen molar-refractivity contribution >= 4 is 0 Å². The van der Waals surface area contributed by atoms with E-state index in [1.54, 1.807) is 0 Å². The first-order valence-corrected chi connectivity index (χ1v) is 7.55. The molecule has 0 saturated carbocycles. The molecular weight excluding hydrogens is 244 g/mol. The summed E-state index contributed by atoms with van der Waals surface area (Å²) in [5.41, 5.74) is 3.84. The Labute approximate surface area is 122 Å². The summed E-state index contributed by atoms with van der Waals surface area (Å²) < 4.78 is 0. The highest BCUT2D eigenvalue weighted by Gasteiger charge is 2.08. The van der Waals surface area contributed by atoms with E-state index in [0.717, 1.165) is 25.1 Å². The second kappa shape index (κ2) is 7.81. The molecule has 1 unspecified atom stereocenters. The Kier molecular flexibility index (Phi) is 5.75. The molecule has 2 nitrogen and oxygen atoms in total. The van der Waals surface area contributed by atoms with Crippen molar-refractivity contribution in [2.45, 2.75) is 39.2 Å². The van der Waals surface area contributed by atoms with Gasteiger partial charge in [-0.1, -0.05) is 44.2 Å². The molecule has 2 aromatic rings. The minimum absolute atomic E-state index is 0.457. The quantitative estimate of drug-likeness (QED) is 0.817. The van der Waals surface area contributed by atoms with E-state index in [2.05, 4.69) is 54.5 Å². The molecule has 20 heavy (non-hydrogen) atoms. The Balaban J connectivity index is 2.10. The van der Waals surface area contributed by atoms with E-state index in [1.165, 1.54) is 17.5 Å². The van der Waals surface area contributed by atoms with Crippen molar-refractivity contribution in [1.29, 1.82) is 0 Å².